The molecule has 4 nitrogen and oxygen atoms in total. The van der Waals surface area contributed by atoms with Gasteiger partial charge < -0.3 is 9.15 Å². The number of likely N-dealkylation sites (N-methyl/N-ethyl adjacent to an activating group) is 1. The first-order valence-electron chi connectivity index (χ1n) is 8.34. The van der Waals surface area contributed by atoms with Gasteiger partial charge in [0.1, 0.15) is 11.5 Å². The zero-order valence-corrected chi connectivity index (χ0v) is 15.7. The van der Waals surface area contributed by atoms with Crippen molar-refractivity contribution in [2.45, 2.75) is 41.2 Å². The monoisotopic (exact) mass is 328 g/mol. The van der Waals surface area contributed by atoms with Crippen molar-refractivity contribution in [2.75, 3.05) is 20.2 Å². The van der Waals surface area contributed by atoms with Gasteiger partial charge in [0.15, 0.2) is 0 Å². The fraction of sp³-hybridized carbons (Fsp3) is 0.450. The molecular weight excluding hydrogens is 300 g/mol. The molecule has 0 aliphatic heterocycles. The number of ether oxygens (including phenoxy) is 1. The molecule has 24 heavy (non-hydrogen) atoms. The van der Waals surface area contributed by atoms with Gasteiger partial charge in [0.25, 0.3) is 0 Å². The van der Waals surface area contributed by atoms with E-state index in [0.717, 1.165) is 59.1 Å². The lowest BCUT2D eigenvalue weighted by Crippen LogP contribution is -2.25. The molecule has 2 aromatic rings. The van der Waals surface area contributed by atoms with Crippen molar-refractivity contribution in [1.29, 1.82) is 0 Å². The summed E-state index contributed by atoms with van der Waals surface area (Å²) in [5.74, 6) is 2.44. The first-order valence-corrected chi connectivity index (χ1v) is 8.34. The molecule has 1 aromatic heterocycles. The highest BCUT2D eigenvalue weighted by molar-refractivity contribution is 5.63. The molecule has 0 spiro atoms. The maximum Gasteiger partial charge on any atom is 0.226 e. The van der Waals surface area contributed by atoms with E-state index in [2.05, 4.69) is 32.3 Å². The zero-order chi connectivity index (χ0) is 17.9. The third kappa shape index (κ3) is 3.88. The summed E-state index contributed by atoms with van der Waals surface area (Å²) in [7, 11) is 1.69. The van der Waals surface area contributed by atoms with Crippen molar-refractivity contribution in [3.63, 3.8) is 0 Å². The van der Waals surface area contributed by atoms with Gasteiger partial charge >= 0.3 is 0 Å². The summed E-state index contributed by atoms with van der Waals surface area (Å²) in [6.45, 7) is 16.9. The Morgan fingerprint density at radius 1 is 1.25 bits per heavy atom. The van der Waals surface area contributed by atoms with Crippen LogP contribution in [0.1, 0.15) is 36.4 Å². The summed E-state index contributed by atoms with van der Waals surface area (Å²) in [5, 5.41) is 0. The molecule has 0 aliphatic carbocycles. The number of nitrogens with zero attached hydrogens (tertiary/aromatic N) is 2. The van der Waals surface area contributed by atoms with Crippen molar-refractivity contribution in [1.82, 2.24) is 9.88 Å². The molecule has 0 saturated heterocycles. The lowest BCUT2D eigenvalue weighted by Gasteiger charge is -2.19. The Hall–Kier alpha value is -2.07. The van der Waals surface area contributed by atoms with Crippen LogP contribution in [0.25, 0.3) is 11.5 Å². The van der Waals surface area contributed by atoms with Gasteiger partial charge in [-0.2, -0.15) is 0 Å². The summed E-state index contributed by atoms with van der Waals surface area (Å²) < 4.78 is 11.3. The Bertz CT molecular complexity index is 731. The van der Waals surface area contributed by atoms with Crippen molar-refractivity contribution in [3.8, 4) is 17.2 Å². The van der Waals surface area contributed by atoms with Gasteiger partial charge in [-0.15, -0.1) is 0 Å². The molecule has 2 rings (SSSR count). The molecule has 0 fully saturated rings. The number of methoxy groups -OCH3 is 1. The van der Waals surface area contributed by atoms with E-state index >= 15 is 0 Å². The van der Waals surface area contributed by atoms with Gasteiger partial charge in [-0.3, -0.25) is 4.90 Å². The summed E-state index contributed by atoms with van der Waals surface area (Å²) in [6, 6.07) is 3.98. The number of hydrogen-bond acceptors (Lipinski definition) is 4. The maximum atomic E-state index is 5.96. The van der Waals surface area contributed by atoms with Crippen LogP contribution in [0.5, 0.6) is 5.75 Å². The van der Waals surface area contributed by atoms with Gasteiger partial charge in [0, 0.05) is 18.7 Å². The SMILES string of the molecule is C=C(C)CN(CC)Cc1nc(-c2ccc(OC)c(C)c2C)oc1C. The molecular formula is C20H28N2O2. The minimum absolute atomic E-state index is 0.678. The molecule has 4 heteroatoms. The Morgan fingerprint density at radius 2 is 1.96 bits per heavy atom. The normalized spacial score (nSPS) is 11.1. The second-order valence-corrected chi connectivity index (χ2v) is 6.35. The highest BCUT2D eigenvalue weighted by Crippen LogP contribution is 2.31. The third-order valence-electron chi connectivity index (χ3n) is 4.39. The lowest BCUT2D eigenvalue weighted by molar-refractivity contribution is 0.299. The van der Waals surface area contributed by atoms with Crippen LogP contribution in [0.4, 0.5) is 0 Å². The Balaban J connectivity index is 2.32. The highest BCUT2D eigenvalue weighted by atomic mass is 16.5. The first kappa shape index (κ1) is 18.3. The topological polar surface area (TPSA) is 38.5 Å². The lowest BCUT2D eigenvalue weighted by atomic mass is 10.0. The van der Waals surface area contributed by atoms with Crippen LogP contribution in [-0.2, 0) is 6.54 Å². The number of aromatic nitrogens is 1. The van der Waals surface area contributed by atoms with E-state index in [-0.39, 0.29) is 0 Å². The third-order valence-corrected chi connectivity index (χ3v) is 4.39. The van der Waals surface area contributed by atoms with Crippen molar-refractivity contribution in [3.05, 3.63) is 46.9 Å². The molecule has 0 N–H and O–H groups in total. The first-order chi connectivity index (χ1) is 11.4. The van der Waals surface area contributed by atoms with Crippen LogP contribution in [-0.4, -0.2) is 30.1 Å². The van der Waals surface area contributed by atoms with Crippen LogP contribution in [0, 0.1) is 20.8 Å². The highest BCUT2D eigenvalue weighted by Gasteiger charge is 2.17. The number of benzene rings is 1. The largest absolute Gasteiger partial charge is 0.496 e. The van der Waals surface area contributed by atoms with Gasteiger partial charge in [0.2, 0.25) is 5.89 Å². The van der Waals surface area contributed by atoms with E-state index in [1.165, 1.54) is 0 Å². The number of oxazole rings is 1. The number of hydrogen-bond donors (Lipinski definition) is 0. The minimum Gasteiger partial charge on any atom is -0.496 e. The molecule has 0 radical (unpaired) electrons. The summed E-state index contributed by atoms with van der Waals surface area (Å²) in [6.07, 6.45) is 0. The van der Waals surface area contributed by atoms with E-state index < -0.39 is 0 Å². The Kier molecular flexibility index (Phi) is 5.84. The molecule has 130 valence electrons. The molecule has 0 saturated carbocycles. The molecule has 0 bridgehead atoms. The van der Waals surface area contributed by atoms with Crippen molar-refractivity contribution in [2.24, 2.45) is 0 Å². The van der Waals surface area contributed by atoms with Gasteiger partial charge in [-0.1, -0.05) is 19.1 Å². The fourth-order valence-electron chi connectivity index (χ4n) is 2.81. The quantitative estimate of drug-likeness (QED) is 0.692. The molecule has 1 heterocycles. The summed E-state index contributed by atoms with van der Waals surface area (Å²) in [5.41, 5.74) is 5.41. The van der Waals surface area contributed by atoms with Crippen molar-refractivity contribution >= 4 is 0 Å². The molecule has 0 atom stereocenters. The standard InChI is InChI=1S/C20H28N2O2/c1-8-22(11-13(2)3)12-18-16(6)24-20(21-18)17-9-10-19(23-7)15(5)14(17)4/h9-10H,2,8,11-12H2,1,3-7H3. The average Bonchev–Trinajstić information content (AvgIpc) is 2.89. The second kappa shape index (κ2) is 7.67. The molecule has 0 unspecified atom stereocenters. The fourth-order valence-corrected chi connectivity index (χ4v) is 2.81. The minimum atomic E-state index is 0.678. The second-order valence-electron chi connectivity index (χ2n) is 6.35. The smallest absolute Gasteiger partial charge is 0.226 e. The molecule has 1 aromatic carbocycles. The van der Waals surface area contributed by atoms with Crippen LogP contribution < -0.4 is 4.74 Å². The number of rotatable bonds is 7. The van der Waals surface area contributed by atoms with Crippen LogP contribution in [0.3, 0.4) is 0 Å². The van der Waals surface area contributed by atoms with Crippen LogP contribution in [0.15, 0.2) is 28.7 Å². The van der Waals surface area contributed by atoms with Crippen LogP contribution in [0.2, 0.25) is 0 Å². The Morgan fingerprint density at radius 3 is 2.54 bits per heavy atom. The molecule has 0 amide bonds. The summed E-state index contributed by atoms with van der Waals surface area (Å²) in [4.78, 5) is 7.06. The summed E-state index contributed by atoms with van der Waals surface area (Å²) >= 11 is 0. The van der Waals surface area contributed by atoms with E-state index in [9.17, 15) is 0 Å². The van der Waals surface area contributed by atoms with E-state index in [4.69, 9.17) is 14.1 Å². The molecule has 0 aliphatic rings. The van der Waals surface area contributed by atoms with E-state index in [0.29, 0.717) is 5.89 Å². The van der Waals surface area contributed by atoms with Crippen LogP contribution >= 0.6 is 0 Å². The van der Waals surface area contributed by atoms with Gasteiger partial charge in [-0.05, 0) is 57.5 Å². The van der Waals surface area contributed by atoms with Gasteiger partial charge in [0.05, 0.1) is 12.8 Å². The van der Waals surface area contributed by atoms with Crippen molar-refractivity contribution < 1.29 is 9.15 Å². The zero-order valence-electron chi connectivity index (χ0n) is 15.7. The Labute approximate surface area is 145 Å². The van der Waals surface area contributed by atoms with Gasteiger partial charge in [-0.25, -0.2) is 4.98 Å². The number of aryl methyl sites for hydroxylation is 1. The predicted molar refractivity (Wildman–Crippen MR) is 98.5 cm³/mol. The average molecular weight is 328 g/mol. The van der Waals surface area contributed by atoms with E-state index in [1.807, 2.05) is 26.0 Å². The van der Waals surface area contributed by atoms with E-state index in [1.54, 1.807) is 7.11 Å². The maximum absolute atomic E-state index is 5.96. The predicted octanol–water partition coefficient (Wildman–Crippen LogP) is 4.67.